The molecule has 0 saturated carbocycles. The third-order valence-electron chi connectivity index (χ3n) is 3.83. The number of hydrogen-bond donors (Lipinski definition) is 1. The molecule has 3 heteroatoms. The van der Waals surface area contributed by atoms with E-state index in [4.69, 9.17) is 4.74 Å². The summed E-state index contributed by atoms with van der Waals surface area (Å²) in [5.41, 5.74) is 4.55. The number of benzene rings is 2. The number of aryl methyl sites for hydroxylation is 1. The van der Waals surface area contributed by atoms with Gasteiger partial charge in [-0.15, -0.1) is 0 Å². The van der Waals surface area contributed by atoms with Crippen LogP contribution < -0.4 is 4.74 Å². The van der Waals surface area contributed by atoms with Gasteiger partial charge in [0.25, 0.3) is 0 Å². The molecule has 1 heterocycles. The van der Waals surface area contributed by atoms with Gasteiger partial charge in [-0.2, -0.15) is 0 Å². The van der Waals surface area contributed by atoms with Crippen LogP contribution in [0, 0.1) is 13.8 Å². The largest absolute Gasteiger partial charge is 0.508 e. The van der Waals surface area contributed by atoms with E-state index < -0.39 is 0 Å². The predicted octanol–water partition coefficient (Wildman–Crippen LogP) is 3.96. The van der Waals surface area contributed by atoms with Crippen molar-refractivity contribution in [2.75, 3.05) is 7.11 Å². The first kappa shape index (κ1) is 12.6. The summed E-state index contributed by atoms with van der Waals surface area (Å²) in [5.74, 6) is 1.14. The number of ether oxygens (including phenoxy) is 1. The van der Waals surface area contributed by atoms with Crippen LogP contribution in [-0.4, -0.2) is 16.8 Å². The van der Waals surface area contributed by atoms with Gasteiger partial charge in [0.2, 0.25) is 0 Å². The molecule has 0 aliphatic heterocycles. The van der Waals surface area contributed by atoms with Crippen molar-refractivity contribution in [2.45, 2.75) is 13.8 Å². The highest BCUT2D eigenvalue weighted by atomic mass is 16.5. The first-order valence-electron chi connectivity index (χ1n) is 6.57. The van der Waals surface area contributed by atoms with E-state index in [1.165, 1.54) is 11.3 Å². The smallest absolute Gasteiger partial charge is 0.119 e. The van der Waals surface area contributed by atoms with Crippen molar-refractivity contribution in [3.8, 4) is 17.2 Å². The molecule has 20 heavy (non-hydrogen) atoms. The Bertz CT molecular complexity index is 770. The Hall–Kier alpha value is -2.42. The van der Waals surface area contributed by atoms with Crippen LogP contribution in [-0.2, 0) is 0 Å². The first-order valence-corrected chi connectivity index (χ1v) is 6.57. The van der Waals surface area contributed by atoms with Crippen molar-refractivity contribution in [1.82, 2.24) is 4.57 Å². The summed E-state index contributed by atoms with van der Waals surface area (Å²) in [6.45, 7) is 4.17. The van der Waals surface area contributed by atoms with E-state index in [1.807, 2.05) is 36.4 Å². The molecule has 3 nitrogen and oxygen atoms in total. The normalized spacial score (nSPS) is 10.9. The second-order valence-electron chi connectivity index (χ2n) is 4.95. The molecule has 0 radical (unpaired) electrons. The summed E-state index contributed by atoms with van der Waals surface area (Å²) in [4.78, 5) is 0. The van der Waals surface area contributed by atoms with Gasteiger partial charge in [-0.1, -0.05) is 0 Å². The second kappa shape index (κ2) is 4.60. The Balaban J connectivity index is 2.27. The number of rotatable bonds is 2. The van der Waals surface area contributed by atoms with E-state index in [9.17, 15) is 5.11 Å². The van der Waals surface area contributed by atoms with Crippen LogP contribution in [0.15, 0.2) is 42.5 Å². The average Bonchev–Trinajstić information content (AvgIpc) is 2.71. The minimum absolute atomic E-state index is 0.299. The fraction of sp³-hybridized carbons (Fsp3) is 0.176. The van der Waals surface area contributed by atoms with Crippen LogP contribution in [0.4, 0.5) is 0 Å². The molecule has 0 fully saturated rings. The number of hydrogen-bond acceptors (Lipinski definition) is 2. The van der Waals surface area contributed by atoms with E-state index >= 15 is 0 Å². The molecular weight excluding hydrogens is 250 g/mol. The number of methoxy groups -OCH3 is 1. The molecule has 0 spiro atoms. The SMILES string of the molecule is COc1ccc(-n2c(C)c(C)c3cc(O)ccc32)cc1. The highest BCUT2D eigenvalue weighted by Crippen LogP contribution is 2.31. The molecule has 1 aromatic heterocycles. The van der Waals surface area contributed by atoms with Gasteiger partial charge in [0.15, 0.2) is 0 Å². The van der Waals surface area contributed by atoms with Crippen molar-refractivity contribution < 1.29 is 9.84 Å². The summed E-state index contributed by atoms with van der Waals surface area (Å²) < 4.78 is 7.40. The van der Waals surface area contributed by atoms with Gasteiger partial charge in [0, 0.05) is 16.8 Å². The minimum atomic E-state index is 0.299. The minimum Gasteiger partial charge on any atom is -0.508 e. The summed E-state index contributed by atoms with van der Waals surface area (Å²) in [7, 11) is 1.66. The fourth-order valence-corrected chi connectivity index (χ4v) is 2.63. The lowest BCUT2D eigenvalue weighted by Crippen LogP contribution is -1.96. The molecule has 3 rings (SSSR count). The Morgan fingerprint density at radius 2 is 1.70 bits per heavy atom. The number of aromatic hydroxyl groups is 1. The summed E-state index contributed by atoms with van der Waals surface area (Å²) >= 11 is 0. The van der Waals surface area contributed by atoms with Crippen molar-refractivity contribution in [2.24, 2.45) is 0 Å². The zero-order valence-electron chi connectivity index (χ0n) is 11.8. The van der Waals surface area contributed by atoms with E-state index in [1.54, 1.807) is 13.2 Å². The molecule has 0 aliphatic carbocycles. The van der Waals surface area contributed by atoms with Crippen LogP contribution in [0.5, 0.6) is 11.5 Å². The van der Waals surface area contributed by atoms with Crippen LogP contribution in [0.25, 0.3) is 16.6 Å². The van der Waals surface area contributed by atoms with Gasteiger partial charge in [-0.05, 0) is 61.9 Å². The van der Waals surface area contributed by atoms with Gasteiger partial charge in [0.05, 0.1) is 12.6 Å². The quantitative estimate of drug-likeness (QED) is 0.762. The number of phenolic OH excluding ortho intramolecular Hbond substituents is 1. The van der Waals surface area contributed by atoms with Crippen LogP contribution >= 0.6 is 0 Å². The topological polar surface area (TPSA) is 34.4 Å². The van der Waals surface area contributed by atoms with Crippen LogP contribution in [0.3, 0.4) is 0 Å². The Morgan fingerprint density at radius 1 is 1.00 bits per heavy atom. The van der Waals surface area contributed by atoms with Gasteiger partial charge in [-0.25, -0.2) is 0 Å². The third-order valence-corrected chi connectivity index (χ3v) is 3.83. The lowest BCUT2D eigenvalue weighted by molar-refractivity contribution is 0.415. The van der Waals surface area contributed by atoms with Gasteiger partial charge in [0.1, 0.15) is 11.5 Å². The van der Waals surface area contributed by atoms with Crippen LogP contribution in [0.2, 0.25) is 0 Å². The zero-order chi connectivity index (χ0) is 14.3. The van der Waals surface area contributed by atoms with E-state index in [2.05, 4.69) is 18.4 Å². The lowest BCUT2D eigenvalue weighted by atomic mass is 10.1. The maximum absolute atomic E-state index is 9.67. The molecule has 0 saturated heterocycles. The molecule has 0 aliphatic rings. The second-order valence-corrected chi connectivity index (χ2v) is 4.95. The molecule has 0 atom stereocenters. The standard InChI is InChI=1S/C17H17NO2/c1-11-12(2)18(13-4-7-15(20-3)8-5-13)17-9-6-14(19)10-16(11)17/h4-10,19H,1-3H3. The van der Waals surface area contributed by atoms with Crippen molar-refractivity contribution in [3.05, 3.63) is 53.7 Å². The molecule has 102 valence electrons. The summed E-state index contributed by atoms with van der Waals surface area (Å²) in [6.07, 6.45) is 0. The van der Waals surface area contributed by atoms with Gasteiger partial charge >= 0.3 is 0 Å². The lowest BCUT2D eigenvalue weighted by Gasteiger charge is -2.09. The van der Waals surface area contributed by atoms with Gasteiger partial charge < -0.3 is 14.4 Å². The molecule has 3 aromatic rings. The summed E-state index contributed by atoms with van der Waals surface area (Å²) in [5, 5.41) is 10.7. The fourth-order valence-electron chi connectivity index (χ4n) is 2.63. The van der Waals surface area contributed by atoms with Crippen LogP contribution in [0.1, 0.15) is 11.3 Å². The number of fused-ring (bicyclic) bond motifs is 1. The Labute approximate surface area is 118 Å². The molecule has 0 amide bonds. The highest BCUT2D eigenvalue weighted by Gasteiger charge is 2.12. The third kappa shape index (κ3) is 1.83. The van der Waals surface area contributed by atoms with Crippen molar-refractivity contribution >= 4 is 10.9 Å². The predicted molar refractivity (Wildman–Crippen MR) is 81.0 cm³/mol. The monoisotopic (exact) mass is 267 g/mol. The van der Waals surface area contributed by atoms with Crippen molar-refractivity contribution in [3.63, 3.8) is 0 Å². The summed E-state index contributed by atoms with van der Waals surface area (Å²) in [6, 6.07) is 13.5. The van der Waals surface area contributed by atoms with E-state index in [-0.39, 0.29) is 0 Å². The van der Waals surface area contributed by atoms with E-state index in [0.29, 0.717) is 5.75 Å². The molecular formula is C17H17NO2. The maximum atomic E-state index is 9.67. The molecule has 1 N–H and O–H groups in total. The van der Waals surface area contributed by atoms with Gasteiger partial charge in [-0.3, -0.25) is 0 Å². The Morgan fingerprint density at radius 3 is 2.35 bits per heavy atom. The highest BCUT2D eigenvalue weighted by molar-refractivity contribution is 5.88. The number of phenols is 1. The average molecular weight is 267 g/mol. The molecule has 0 bridgehead atoms. The first-order chi connectivity index (χ1) is 9.61. The molecule has 0 unspecified atom stereocenters. The Kier molecular flexibility index (Phi) is 2.90. The number of nitrogens with zero attached hydrogens (tertiary/aromatic N) is 1. The van der Waals surface area contributed by atoms with E-state index in [0.717, 1.165) is 22.3 Å². The number of aromatic nitrogens is 1. The molecule has 2 aromatic carbocycles. The van der Waals surface area contributed by atoms with Crippen molar-refractivity contribution in [1.29, 1.82) is 0 Å². The zero-order valence-corrected chi connectivity index (χ0v) is 11.8. The maximum Gasteiger partial charge on any atom is 0.119 e.